The molecule has 0 atom stereocenters. The van der Waals surface area contributed by atoms with Crippen LogP contribution in [0.15, 0.2) is 65.6 Å². The van der Waals surface area contributed by atoms with Crippen molar-refractivity contribution in [1.29, 1.82) is 0 Å². The van der Waals surface area contributed by atoms with Gasteiger partial charge in [-0.1, -0.05) is 41.4 Å². The molecule has 0 radical (unpaired) electrons. The number of aryl methyl sites for hydroxylation is 1. The molecule has 0 aliphatic carbocycles. The van der Waals surface area contributed by atoms with E-state index in [2.05, 4.69) is 5.32 Å². The first-order valence-corrected chi connectivity index (χ1v) is 12.9. The number of sulfonamides is 1. The maximum absolute atomic E-state index is 13.3. The molecule has 12 heteroatoms. The largest absolute Gasteiger partial charge is 0.482 e. The molecule has 1 N–H and O–H groups in total. The molecule has 3 aromatic rings. The number of para-hydroxylation sites is 1. The molecule has 1 heterocycles. The molecule has 0 unspecified atom stereocenters. The number of carbonyl (C=O) groups is 1. The summed E-state index contributed by atoms with van der Waals surface area (Å²) in [7, 11) is -3.91. The van der Waals surface area contributed by atoms with Gasteiger partial charge in [-0.3, -0.25) is 9.10 Å². The molecule has 36 heavy (non-hydrogen) atoms. The zero-order chi connectivity index (χ0) is 26.1. The van der Waals surface area contributed by atoms with Gasteiger partial charge in [0.1, 0.15) is 5.75 Å². The highest BCUT2D eigenvalue weighted by Crippen LogP contribution is 2.37. The summed E-state index contributed by atoms with van der Waals surface area (Å²) in [6.07, 6.45) is -3.28. The van der Waals surface area contributed by atoms with Crippen molar-refractivity contribution in [2.45, 2.75) is 23.9 Å². The number of ether oxygens (including phenoxy) is 1. The van der Waals surface area contributed by atoms with Crippen LogP contribution < -0.4 is 14.4 Å². The van der Waals surface area contributed by atoms with E-state index in [4.69, 9.17) is 27.9 Å². The molecule has 0 saturated heterocycles. The SMILES string of the molecule is O=C(COc1ccc(S(=O)(=O)N2CCCc3ccccc32)cc1Cl)Nc1ccc(Cl)cc1C(F)(F)F. The first-order chi connectivity index (χ1) is 17.0. The number of halogens is 5. The fraction of sp³-hybridized carbons (Fsp3) is 0.208. The third-order valence-electron chi connectivity index (χ3n) is 5.48. The predicted octanol–water partition coefficient (Wildman–Crippen LogP) is 6.17. The lowest BCUT2D eigenvalue weighted by atomic mass is 10.0. The molecule has 4 rings (SSSR count). The van der Waals surface area contributed by atoms with Crippen LogP contribution in [0, 0.1) is 0 Å². The van der Waals surface area contributed by atoms with E-state index in [0.717, 1.165) is 18.1 Å². The Kier molecular flexibility index (Phi) is 7.40. The van der Waals surface area contributed by atoms with E-state index in [1.165, 1.54) is 28.6 Å². The van der Waals surface area contributed by atoms with Crippen LogP contribution in [0.25, 0.3) is 0 Å². The predicted molar refractivity (Wildman–Crippen MR) is 131 cm³/mol. The van der Waals surface area contributed by atoms with Crippen molar-refractivity contribution in [3.05, 3.63) is 81.8 Å². The number of nitrogens with one attached hydrogen (secondary N) is 1. The molecular weight excluding hydrogens is 540 g/mol. The maximum Gasteiger partial charge on any atom is 0.418 e. The van der Waals surface area contributed by atoms with Crippen LogP contribution in [0.4, 0.5) is 24.5 Å². The molecular formula is C24H19Cl2F3N2O4S. The van der Waals surface area contributed by atoms with Gasteiger partial charge in [0, 0.05) is 11.6 Å². The Morgan fingerprint density at radius 2 is 1.81 bits per heavy atom. The molecule has 3 aromatic carbocycles. The Hall–Kier alpha value is -2.95. The van der Waals surface area contributed by atoms with Gasteiger partial charge in [-0.05, 0) is 60.9 Å². The van der Waals surface area contributed by atoms with E-state index in [-0.39, 0.29) is 20.7 Å². The van der Waals surface area contributed by atoms with Crippen LogP contribution in [0.5, 0.6) is 5.75 Å². The molecule has 0 saturated carbocycles. The standard InChI is InChI=1S/C24H19Cl2F3N2O4S/c25-16-7-9-20(18(12-16)24(27,28)29)30-23(32)14-35-22-10-8-17(13-19(22)26)36(33,34)31-11-3-5-15-4-1-2-6-21(15)31/h1-2,4,6-10,12-13H,3,5,11,14H2,(H,30,32). The van der Waals surface area contributed by atoms with Crippen LogP contribution in [0.1, 0.15) is 17.5 Å². The van der Waals surface area contributed by atoms with Gasteiger partial charge < -0.3 is 10.1 Å². The lowest BCUT2D eigenvalue weighted by Gasteiger charge is -2.30. The van der Waals surface area contributed by atoms with Gasteiger partial charge in [0.25, 0.3) is 15.9 Å². The van der Waals surface area contributed by atoms with Gasteiger partial charge in [-0.2, -0.15) is 13.2 Å². The summed E-state index contributed by atoms with van der Waals surface area (Å²) < 4.78 is 72.9. The smallest absolute Gasteiger partial charge is 0.418 e. The lowest BCUT2D eigenvalue weighted by Crippen LogP contribution is -2.35. The average molecular weight is 559 g/mol. The van der Waals surface area contributed by atoms with E-state index in [0.29, 0.717) is 24.7 Å². The number of benzene rings is 3. The Labute approximate surface area is 215 Å². The van der Waals surface area contributed by atoms with Gasteiger partial charge >= 0.3 is 6.18 Å². The van der Waals surface area contributed by atoms with Crippen LogP contribution in [-0.2, 0) is 27.4 Å². The zero-order valence-corrected chi connectivity index (χ0v) is 20.8. The Balaban J connectivity index is 1.47. The highest BCUT2D eigenvalue weighted by molar-refractivity contribution is 7.92. The monoisotopic (exact) mass is 558 g/mol. The molecule has 6 nitrogen and oxygen atoms in total. The molecule has 0 spiro atoms. The van der Waals surface area contributed by atoms with Crippen molar-refractivity contribution >= 4 is 50.5 Å². The van der Waals surface area contributed by atoms with Gasteiger partial charge in [-0.15, -0.1) is 0 Å². The van der Waals surface area contributed by atoms with Gasteiger partial charge in [0.05, 0.1) is 26.9 Å². The van der Waals surface area contributed by atoms with Crippen LogP contribution in [0.2, 0.25) is 10.0 Å². The van der Waals surface area contributed by atoms with Crippen molar-refractivity contribution in [3.8, 4) is 5.75 Å². The minimum Gasteiger partial charge on any atom is -0.482 e. The summed E-state index contributed by atoms with van der Waals surface area (Å²) in [6.45, 7) is -0.342. The maximum atomic E-state index is 13.3. The van der Waals surface area contributed by atoms with Gasteiger partial charge in [-0.25, -0.2) is 8.42 Å². The van der Waals surface area contributed by atoms with Crippen LogP contribution in [-0.4, -0.2) is 27.5 Å². The number of anilines is 2. The first-order valence-electron chi connectivity index (χ1n) is 10.7. The molecule has 1 aliphatic heterocycles. The number of hydrogen-bond acceptors (Lipinski definition) is 4. The summed E-state index contributed by atoms with van der Waals surface area (Å²) in [5.74, 6) is -0.877. The summed E-state index contributed by atoms with van der Waals surface area (Å²) in [5, 5.41) is 1.93. The number of amides is 1. The summed E-state index contributed by atoms with van der Waals surface area (Å²) in [4.78, 5) is 12.2. The van der Waals surface area contributed by atoms with Crippen molar-refractivity contribution < 1.29 is 31.1 Å². The molecule has 0 bridgehead atoms. The van der Waals surface area contributed by atoms with Crippen LogP contribution >= 0.6 is 23.2 Å². The van der Waals surface area contributed by atoms with Crippen molar-refractivity contribution in [3.63, 3.8) is 0 Å². The topological polar surface area (TPSA) is 75.7 Å². The van der Waals surface area contributed by atoms with E-state index in [9.17, 15) is 26.4 Å². The Morgan fingerprint density at radius 1 is 1.06 bits per heavy atom. The third-order valence-corrected chi connectivity index (χ3v) is 7.82. The fourth-order valence-corrected chi connectivity index (χ4v) is 5.86. The second kappa shape index (κ2) is 10.2. The second-order valence-corrected chi connectivity index (χ2v) is 10.6. The molecule has 0 aromatic heterocycles. The second-order valence-electron chi connectivity index (χ2n) is 7.93. The highest BCUT2D eigenvalue weighted by atomic mass is 35.5. The molecule has 0 fully saturated rings. The average Bonchev–Trinajstić information content (AvgIpc) is 2.83. The van der Waals surface area contributed by atoms with E-state index in [1.54, 1.807) is 12.1 Å². The molecule has 1 aliphatic rings. The van der Waals surface area contributed by atoms with Gasteiger partial charge in [0.2, 0.25) is 0 Å². The Bertz CT molecular complexity index is 1410. The number of hydrogen-bond donors (Lipinski definition) is 1. The van der Waals surface area contributed by atoms with Crippen molar-refractivity contribution in [2.75, 3.05) is 22.8 Å². The van der Waals surface area contributed by atoms with Crippen LogP contribution in [0.3, 0.4) is 0 Å². The fourth-order valence-electron chi connectivity index (χ4n) is 3.82. The first kappa shape index (κ1) is 26.1. The Morgan fingerprint density at radius 3 is 2.53 bits per heavy atom. The van der Waals surface area contributed by atoms with Gasteiger partial charge in [0.15, 0.2) is 6.61 Å². The minimum absolute atomic E-state index is 0.00281. The van der Waals surface area contributed by atoms with Crippen molar-refractivity contribution in [2.24, 2.45) is 0 Å². The van der Waals surface area contributed by atoms with E-state index in [1.807, 2.05) is 12.1 Å². The number of rotatable bonds is 6. The number of nitrogens with zero attached hydrogens (tertiary/aromatic N) is 1. The molecule has 190 valence electrons. The lowest BCUT2D eigenvalue weighted by molar-refractivity contribution is -0.137. The molecule has 1 amide bonds. The number of alkyl halides is 3. The summed E-state index contributed by atoms with van der Waals surface area (Å²) in [5.41, 5.74) is -0.0406. The zero-order valence-electron chi connectivity index (χ0n) is 18.5. The number of carbonyl (C=O) groups excluding carboxylic acids is 1. The minimum atomic E-state index is -4.73. The van der Waals surface area contributed by atoms with E-state index >= 15 is 0 Å². The third kappa shape index (κ3) is 5.55. The highest BCUT2D eigenvalue weighted by Gasteiger charge is 2.34. The summed E-state index contributed by atoms with van der Waals surface area (Å²) >= 11 is 11.9. The van der Waals surface area contributed by atoms with Crippen molar-refractivity contribution in [1.82, 2.24) is 0 Å². The number of fused-ring (bicyclic) bond motifs is 1. The summed E-state index contributed by atoms with van der Waals surface area (Å²) in [6, 6.07) is 14.0. The quantitative estimate of drug-likeness (QED) is 0.392. The van der Waals surface area contributed by atoms with E-state index < -0.39 is 40.0 Å². The normalized spacial score (nSPS) is 13.8.